The van der Waals surface area contributed by atoms with Crippen LogP contribution < -0.4 is 5.73 Å². The lowest BCUT2D eigenvalue weighted by Crippen LogP contribution is -2.38. The molecular weight excluding hydrogens is 474 g/mol. The number of aliphatic hydroxyl groups is 1. The van der Waals surface area contributed by atoms with Gasteiger partial charge in [0.15, 0.2) is 6.29 Å². The molecule has 0 radical (unpaired) electrons. The van der Waals surface area contributed by atoms with Crippen LogP contribution >= 0.6 is 11.8 Å². The zero-order valence-corrected chi connectivity index (χ0v) is 20.8. The minimum atomic E-state index is -0.522. The number of para-hydroxylation sites is 1. The van der Waals surface area contributed by atoms with E-state index >= 15 is 0 Å². The van der Waals surface area contributed by atoms with Crippen molar-refractivity contribution >= 4 is 11.8 Å². The van der Waals surface area contributed by atoms with Crippen molar-refractivity contribution in [1.29, 1.82) is 0 Å². The zero-order valence-electron chi connectivity index (χ0n) is 20.0. The number of aliphatic hydroxyl groups excluding tert-OH is 1. The van der Waals surface area contributed by atoms with Gasteiger partial charge in [0.2, 0.25) is 5.16 Å². The Labute approximate surface area is 214 Å². The Morgan fingerprint density at radius 2 is 1.61 bits per heavy atom. The van der Waals surface area contributed by atoms with Crippen LogP contribution in [-0.4, -0.2) is 37.2 Å². The third-order valence-corrected chi connectivity index (χ3v) is 7.44. The second-order valence-corrected chi connectivity index (χ2v) is 9.77. The fraction of sp³-hybridized carbons (Fsp3) is 0.296. The largest absolute Gasteiger partial charge is 0.392 e. The van der Waals surface area contributed by atoms with Crippen LogP contribution in [0, 0.1) is 5.92 Å². The molecule has 1 saturated heterocycles. The number of hydrogen-bond acceptors (Lipinski definition) is 8. The number of nitrogens with two attached hydrogens (primary N) is 1. The molecule has 1 fully saturated rings. The Hall–Kier alpha value is -3.08. The first-order chi connectivity index (χ1) is 17.7. The van der Waals surface area contributed by atoms with Gasteiger partial charge in [0.25, 0.3) is 0 Å². The van der Waals surface area contributed by atoms with Crippen molar-refractivity contribution in [3.63, 3.8) is 0 Å². The summed E-state index contributed by atoms with van der Waals surface area (Å²) in [5.74, 6) is 0.721. The molecule has 0 bridgehead atoms. The van der Waals surface area contributed by atoms with Gasteiger partial charge >= 0.3 is 0 Å². The zero-order chi connectivity index (χ0) is 24.9. The lowest BCUT2D eigenvalue weighted by molar-refractivity contribution is -0.268. The first-order valence-corrected chi connectivity index (χ1v) is 12.9. The normalized spacial score (nSPS) is 22.0. The van der Waals surface area contributed by atoms with Gasteiger partial charge in [-0.05, 0) is 39.2 Å². The molecule has 186 valence electrons. The predicted octanol–water partition coefficient (Wildman–Crippen LogP) is 4.20. The fourth-order valence-electron chi connectivity index (χ4n) is 4.28. The molecule has 4 atom stereocenters. The quantitative estimate of drug-likeness (QED) is 0.345. The summed E-state index contributed by atoms with van der Waals surface area (Å²) in [6, 6.07) is 25.8. The van der Waals surface area contributed by atoms with Crippen LogP contribution in [0.3, 0.4) is 0 Å². The highest BCUT2D eigenvalue weighted by molar-refractivity contribution is 7.99. The van der Waals surface area contributed by atoms with Crippen LogP contribution in [0.5, 0.6) is 0 Å². The van der Waals surface area contributed by atoms with E-state index in [1.54, 1.807) is 16.4 Å². The number of aromatic nitrogens is 4. The highest BCUT2D eigenvalue weighted by atomic mass is 32.2. The topological polar surface area (TPSA) is 108 Å². The number of ether oxygens (including phenoxy) is 2. The van der Waals surface area contributed by atoms with Crippen LogP contribution in [0.1, 0.15) is 41.6 Å². The molecule has 1 aromatic heterocycles. The molecule has 9 heteroatoms. The Morgan fingerprint density at radius 3 is 2.31 bits per heavy atom. The van der Waals surface area contributed by atoms with Crippen molar-refractivity contribution in [3.8, 4) is 5.69 Å². The molecule has 8 nitrogen and oxygen atoms in total. The van der Waals surface area contributed by atoms with E-state index in [0.29, 0.717) is 17.5 Å². The molecule has 4 aromatic rings. The summed E-state index contributed by atoms with van der Waals surface area (Å²) in [6.45, 7) is 2.64. The maximum atomic E-state index is 9.45. The number of thioether (sulfide) groups is 1. The van der Waals surface area contributed by atoms with E-state index in [-0.39, 0.29) is 24.7 Å². The number of nitrogens with zero attached hydrogens (tertiary/aromatic N) is 4. The van der Waals surface area contributed by atoms with Crippen molar-refractivity contribution in [3.05, 3.63) is 101 Å². The summed E-state index contributed by atoms with van der Waals surface area (Å²) in [4.78, 5) is 0. The van der Waals surface area contributed by atoms with Gasteiger partial charge < -0.3 is 20.3 Å². The van der Waals surface area contributed by atoms with E-state index in [4.69, 9.17) is 15.2 Å². The Kier molecular flexibility index (Phi) is 7.74. The molecule has 3 aromatic carbocycles. The molecule has 0 unspecified atom stereocenters. The summed E-state index contributed by atoms with van der Waals surface area (Å²) in [7, 11) is 0. The number of rotatable bonds is 8. The Morgan fingerprint density at radius 1 is 0.917 bits per heavy atom. The van der Waals surface area contributed by atoms with Gasteiger partial charge in [-0.1, -0.05) is 85.4 Å². The van der Waals surface area contributed by atoms with Crippen LogP contribution in [0.25, 0.3) is 5.69 Å². The smallest absolute Gasteiger partial charge is 0.214 e. The standard InChI is InChI=1S/C27H29N5O3S/c1-18-24(17-36-27-29-30-31-32(27)23-5-3-2-4-6-23)34-26(22-13-7-19(15-28)8-14-22)35-25(18)21-11-9-20(16-33)10-12-21/h2-14,18,24-26,33H,15-17,28H2,1H3/t18-,24+,25+,26+/m1/s1. The molecule has 5 rings (SSSR count). The minimum absolute atomic E-state index is 0.00990. The predicted molar refractivity (Wildman–Crippen MR) is 137 cm³/mol. The van der Waals surface area contributed by atoms with Crippen LogP contribution in [0.15, 0.2) is 84.0 Å². The average molecular weight is 504 g/mol. The second-order valence-electron chi connectivity index (χ2n) is 8.79. The van der Waals surface area contributed by atoms with Gasteiger partial charge in [-0.3, -0.25) is 0 Å². The van der Waals surface area contributed by atoms with E-state index in [0.717, 1.165) is 27.9 Å². The molecule has 36 heavy (non-hydrogen) atoms. The van der Waals surface area contributed by atoms with E-state index in [2.05, 4.69) is 22.4 Å². The van der Waals surface area contributed by atoms with E-state index in [1.165, 1.54) is 0 Å². The molecule has 2 heterocycles. The Balaban J connectivity index is 1.39. The second kappa shape index (κ2) is 11.3. The molecule has 0 aliphatic carbocycles. The SMILES string of the molecule is C[C@@H]1[C@H](CSc2nnnn2-c2ccccc2)O[C@H](c2ccc(CN)cc2)O[C@@H]1c1ccc(CO)cc1. The lowest BCUT2D eigenvalue weighted by Gasteiger charge is -2.41. The summed E-state index contributed by atoms with van der Waals surface area (Å²) >= 11 is 1.56. The van der Waals surface area contributed by atoms with Gasteiger partial charge in [0.1, 0.15) is 0 Å². The van der Waals surface area contributed by atoms with Crippen LogP contribution in [0.2, 0.25) is 0 Å². The van der Waals surface area contributed by atoms with Gasteiger partial charge in [-0.2, -0.15) is 4.68 Å². The van der Waals surface area contributed by atoms with Crippen LogP contribution in [-0.2, 0) is 22.6 Å². The highest BCUT2D eigenvalue weighted by Gasteiger charge is 2.38. The lowest BCUT2D eigenvalue weighted by atomic mass is 9.91. The van der Waals surface area contributed by atoms with Crippen molar-refractivity contribution in [2.45, 2.75) is 43.7 Å². The Bertz CT molecular complexity index is 1250. The van der Waals surface area contributed by atoms with Crippen LogP contribution in [0.4, 0.5) is 0 Å². The van der Waals surface area contributed by atoms with E-state index < -0.39 is 6.29 Å². The molecule has 3 N–H and O–H groups in total. The molecule has 1 aliphatic rings. The fourth-order valence-corrected chi connectivity index (χ4v) is 5.33. The summed E-state index contributed by atoms with van der Waals surface area (Å²) in [6.07, 6.45) is -0.820. The summed E-state index contributed by atoms with van der Waals surface area (Å²) in [5.41, 5.74) is 10.6. The number of tetrazole rings is 1. The third kappa shape index (κ3) is 5.35. The van der Waals surface area contributed by atoms with Gasteiger partial charge in [0.05, 0.1) is 24.5 Å². The maximum Gasteiger partial charge on any atom is 0.214 e. The highest BCUT2D eigenvalue weighted by Crippen LogP contribution is 2.43. The monoisotopic (exact) mass is 503 g/mol. The van der Waals surface area contributed by atoms with Crippen molar-refractivity contribution in [2.24, 2.45) is 11.7 Å². The molecule has 0 spiro atoms. The average Bonchev–Trinajstić information content (AvgIpc) is 3.42. The first kappa shape index (κ1) is 24.6. The molecule has 1 aliphatic heterocycles. The molecule has 0 amide bonds. The van der Waals surface area contributed by atoms with Gasteiger partial charge in [-0.15, -0.1) is 5.10 Å². The number of hydrogen-bond donors (Lipinski definition) is 2. The number of benzene rings is 3. The summed E-state index contributed by atoms with van der Waals surface area (Å²) in [5, 5.41) is 22.4. The van der Waals surface area contributed by atoms with Crippen molar-refractivity contribution in [2.75, 3.05) is 5.75 Å². The third-order valence-electron chi connectivity index (χ3n) is 6.43. The summed E-state index contributed by atoms with van der Waals surface area (Å²) < 4.78 is 14.8. The molecular formula is C27H29N5O3S. The minimum Gasteiger partial charge on any atom is -0.392 e. The van der Waals surface area contributed by atoms with Gasteiger partial charge in [-0.25, -0.2) is 0 Å². The van der Waals surface area contributed by atoms with Crippen molar-refractivity contribution in [1.82, 2.24) is 20.2 Å². The van der Waals surface area contributed by atoms with Crippen molar-refractivity contribution < 1.29 is 14.6 Å². The maximum absolute atomic E-state index is 9.45. The first-order valence-electron chi connectivity index (χ1n) is 11.9. The van der Waals surface area contributed by atoms with E-state index in [1.807, 2.05) is 78.9 Å². The van der Waals surface area contributed by atoms with E-state index in [9.17, 15) is 5.11 Å². The molecule has 0 saturated carbocycles. The van der Waals surface area contributed by atoms with Gasteiger partial charge in [0, 0.05) is 23.8 Å².